The van der Waals surface area contributed by atoms with Crippen LogP contribution in [-0.2, 0) is 11.3 Å². The molecular formula is C16H20N2O2S. The molecule has 0 aliphatic rings. The van der Waals surface area contributed by atoms with E-state index < -0.39 is 11.9 Å². The van der Waals surface area contributed by atoms with Crippen LogP contribution in [0.5, 0.6) is 0 Å². The number of aliphatic carboxylic acids is 1. The minimum atomic E-state index is -0.819. The van der Waals surface area contributed by atoms with Crippen LogP contribution >= 0.6 is 11.3 Å². The fourth-order valence-corrected chi connectivity index (χ4v) is 2.99. The van der Waals surface area contributed by atoms with Crippen LogP contribution in [0.1, 0.15) is 35.8 Å². The van der Waals surface area contributed by atoms with Crippen LogP contribution in [0.4, 0.5) is 5.69 Å². The van der Waals surface area contributed by atoms with Gasteiger partial charge in [-0.05, 0) is 44.9 Å². The number of carboxylic acid groups (broad SMARTS) is 1. The molecule has 2 rings (SSSR count). The predicted molar refractivity (Wildman–Crippen MR) is 85.2 cm³/mol. The van der Waals surface area contributed by atoms with Crippen molar-refractivity contribution in [2.45, 2.75) is 40.2 Å². The van der Waals surface area contributed by atoms with Gasteiger partial charge >= 0.3 is 5.97 Å². The molecule has 4 nitrogen and oxygen atoms in total. The van der Waals surface area contributed by atoms with Crippen molar-refractivity contribution in [3.8, 4) is 0 Å². The molecule has 0 bridgehead atoms. The Bertz CT molecular complexity index is 728. The zero-order chi connectivity index (χ0) is 15.6. The molecule has 0 saturated carbocycles. The van der Waals surface area contributed by atoms with E-state index in [-0.39, 0.29) is 0 Å². The summed E-state index contributed by atoms with van der Waals surface area (Å²) in [6.45, 7) is 8.70. The van der Waals surface area contributed by atoms with E-state index in [1.54, 1.807) is 18.3 Å². The third-order valence-corrected chi connectivity index (χ3v) is 4.43. The SMILES string of the molecule is CCn1cc(C)s/c1=N\c1cc(C(C)C(=O)O)ccc1C. The van der Waals surface area contributed by atoms with Gasteiger partial charge in [0, 0.05) is 17.6 Å². The maximum atomic E-state index is 11.1. The largest absolute Gasteiger partial charge is 0.481 e. The molecular weight excluding hydrogens is 284 g/mol. The van der Waals surface area contributed by atoms with E-state index in [4.69, 9.17) is 10.1 Å². The molecule has 1 N–H and O–H groups in total. The third kappa shape index (κ3) is 3.42. The van der Waals surface area contributed by atoms with E-state index in [9.17, 15) is 4.79 Å². The molecule has 0 aliphatic heterocycles. The number of hydrogen-bond donors (Lipinski definition) is 1. The molecule has 0 fully saturated rings. The van der Waals surface area contributed by atoms with E-state index in [1.807, 2.05) is 25.1 Å². The molecule has 1 aromatic heterocycles. The Morgan fingerprint density at radius 3 is 2.76 bits per heavy atom. The molecule has 0 saturated heterocycles. The fourth-order valence-electron chi connectivity index (χ4n) is 2.08. The van der Waals surface area contributed by atoms with E-state index in [0.29, 0.717) is 0 Å². The number of hydrogen-bond acceptors (Lipinski definition) is 3. The summed E-state index contributed by atoms with van der Waals surface area (Å²) in [5, 5.41) is 9.14. The van der Waals surface area contributed by atoms with Gasteiger partial charge in [0.1, 0.15) is 0 Å². The standard InChI is InChI=1S/C16H20N2O2S/c1-5-18-9-11(3)21-16(18)17-14-8-13(7-6-10(14)2)12(4)15(19)20/h6-9,12H,5H2,1-4H3,(H,19,20)/b17-16-. The first kappa shape index (κ1) is 15.5. The highest BCUT2D eigenvalue weighted by Gasteiger charge is 2.14. The van der Waals surface area contributed by atoms with Gasteiger partial charge in [-0.15, -0.1) is 11.3 Å². The molecule has 1 unspecified atom stereocenters. The van der Waals surface area contributed by atoms with E-state index in [0.717, 1.165) is 28.2 Å². The normalized spacial score (nSPS) is 13.4. The van der Waals surface area contributed by atoms with Gasteiger partial charge in [-0.2, -0.15) is 0 Å². The number of aromatic nitrogens is 1. The average molecular weight is 304 g/mol. The summed E-state index contributed by atoms with van der Waals surface area (Å²) < 4.78 is 2.10. The van der Waals surface area contributed by atoms with Crippen molar-refractivity contribution in [2.24, 2.45) is 4.99 Å². The Morgan fingerprint density at radius 1 is 1.43 bits per heavy atom. The summed E-state index contributed by atoms with van der Waals surface area (Å²) in [5.41, 5.74) is 2.66. The topological polar surface area (TPSA) is 54.6 Å². The smallest absolute Gasteiger partial charge is 0.310 e. The van der Waals surface area contributed by atoms with Gasteiger partial charge in [-0.25, -0.2) is 4.99 Å². The quantitative estimate of drug-likeness (QED) is 0.938. The molecule has 21 heavy (non-hydrogen) atoms. The first-order valence-electron chi connectivity index (χ1n) is 6.97. The fraction of sp³-hybridized carbons (Fsp3) is 0.375. The lowest BCUT2D eigenvalue weighted by Gasteiger charge is -2.09. The highest BCUT2D eigenvalue weighted by atomic mass is 32.1. The molecule has 1 atom stereocenters. The van der Waals surface area contributed by atoms with Crippen LogP contribution < -0.4 is 4.80 Å². The van der Waals surface area contributed by atoms with Crippen molar-refractivity contribution in [2.75, 3.05) is 0 Å². The van der Waals surface area contributed by atoms with Gasteiger partial charge in [0.2, 0.25) is 0 Å². The second-order valence-corrected chi connectivity index (χ2v) is 6.34. The van der Waals surface area contributed by atoms with Crippen LogP contribution in [0.15, 0.2) is 29.4 Å². The first-order valence-corrected chi connectivity index (χ1v) is 7.79. The van der Waals surface area contributed by atoms with Crippen molar-refractivity contribution in [1.82, 2.24) is 4.57 Å². The van der Waals surface area contributed by atoms with E-state index >= 15 is 0 Å². The summed E-state index contributed by atoms with van der Waals surface area (Å²) in [6, 6.07) is 5.67. The summed E-state index contributed by atoms with van der Waals surface area (Å²) in [7, 11) is 0. The molecule has 0 amide bonds. The van der Waals surface area contributed by atoms with Crippen LogP contribution in [0, 0.1) is 13.8 Å². The van der Waals surface area contributed by atoms with Gasteiger partial charge in [-0.1, -0.05) is 12.1 Å². The second-order valence-electron chi connectivity index (χ2n) is 5.13. The maximum absolute atomic E-state index is 11.1. The van der Waals surface area contributed by atoms with Crippen LogP contribution in [-0.4, -0.2) is 15.6 Å². The number of rotatable bonds is 4. The number of thiazole rings is 1. The van der Waals surface area contributed by atoms with Gasteiger partial charge in [0.25, 0.3) is 0 Å². The third-order valence-electron chi connectivity index (χ3n) is 3.50. The minimum absolute atomic E-state index is 0.525. The minimum Gasteiger partial charge on any atom is -0.481 e. The Labute approximate surface area is 128 Å². The van der Waals surface area contributed by atoms with Gasteiger partial charge in [0.05, 0.1) is 11.6 Å². The number of benzene rings is 1. The molecule has 5 heteroatoms. The summed E-state index contributed by atoms with van der Waals surface area (Å²) in [4.78, 5) is 18.0. The van der Waals surface area contributed by atoms with Crippen molar-refractivity contribution in [3.05, 3.63) is 45.2 Å². The van der Waals surface area contributed by atoms with E-state index in [1.165, 1.54) is 4.88 Å². The van der Waals surface area contributed by atoms with Gasteiger partial charge in [-0.3, -0.25) is 4.79 Å². The maximum Gasteiger partial charge on any atom is 0.310 e. The molecule has 0 radical (unpaired) electrons. The molecule has 1 aromatic carbocycles. The first-order chi connectivity index (χ1) is 9.92. The molecule has 2 aromatic rings. The monoisotopic (exact) mass is 304 g/mol. The molecule has 112 valence electrons. The van der Waals surface area contributed by atoms with Crippen LogP contribution in [0.25, 0.3) is 0 Å². The van der Waals surface area contributed by atoms with Crippen molar-refractivity contribution >= 4 is 23.0 Å². The summed E-state index contributed by atoms with van der Waals surface area (Å²) in [6.07, 6.45) is 2.09. The number of carboxylic acids is 1. The Hall–Kier alpha value is -1.88. The van der Waals surface area contributed by atoms with Gasteiger partial charge in [0.15, 0.2) is 4.80 Å². The number of carbonyl (C=O) groups is 1. The van der Waals surface area contributed by atoms with E-state index in [2.05, 4.69) is 24.6 Å². The lowest BCUT2D eigenvalue weighted by Crippen LogP contribution is -2.12. The Balaban J connectivity index is 2.53. The molecule has 0 spiro atoms. The van der Waals surface area contributed by atoms with Crippen LogP contribution in [0.3, 0.4) is 0 Å². The number of aryl methyl sites for hydroxylation is 3. The zero-order valence-electron chi connectivity index (χ0n) is 12.8. The average Bonchev–Trinajstić information content (AvgIpc) is 2.80. The second kappa shape index (κ2) is 6.26. The Morgan fingerprint density at radius 2 is 2.14 bits per heavy atom. The van der Waals surface area contributed by atoms with Crippen LogP contribution in [0.2, 0.25) is 0 Å². The van der Waals surface area contributed by atoms with Crippen molar-refractivity contribution in [3.63, 3.8) is 0 Å². The van der Waals surface area contributed by atoms with Crippen molar-refractivity contribution < 1.29 is 9.90 Å². The lowest BCUT2D eigenvalue weighted by molar-refractivity contribution is -0.138. The highest BCUT2D eigenvalue weighted by Crippen LogP contribution is 2.25. The summed E-state index contributed by atoms with van der Waals surface area (Å²) >= 11 is 1.64. The lowest BCUT2D eigenvalue weighted by atomic mass is 9.99. The summed E-state index contributed by atoms with van der Waals surface area (Å²) in [5.74, 6) is -1.34. The zero-order valence-corrected chi connectivity index (χ0v) is 13.6. The van der Waals surface area contributed by atoms with Crippen molar-refractivity contribution in [1.29, 1.82) is 0 Å². The molecule has 1 heterocycles. The predicted octanol–water partition coefficient (Wildman–Crippen LogP) is 3.61. The Kier molecular flexibility index (Phi) is 4.63. The van der Waals surface area contributed by atoms with Gasteiger partial charge < -0.3 is 9.67 Å². The highest BCUT2D eigenvalue weighted by molar-refractivity contribution is 7.09. The number of nitrogens with zero attached hydrogens (tertiary/aromatic N) is 2. The molecule has 0 aliphatic carbocycles.